The average molecular weight is 339 g/mol. The lowest BCUT2D eigenvalue weighted by Gasteiger charge is -2.38. The Morgan fingerprint density at radius 2 is 1.87 bits per heavy atom. The van der Waals surface area contributed by atoms with Crippen molar-refractivity contribution in [1.82, 2.24) is 4.90 Å². The van der Waals surface area contributed by atoms with E-state index >= 15 is 0 Å². The first-order valence-corrected chi connectivity index (χ1v) is 8.10. The number of carbonyl (C=O) groups is 2. The highest BCUT2D eigenvalue weighted by molar-refractivity contribution is 5.98. The largest absolute Gasteiger partial charge is 0.338 e. The van der Waals surface area contributed by atoms with Crippen molar-refractivity contribution in [1.29, 1.82) is 0 Å². The van der Waals surface area contributed by atoms with Crippen LogP contribution in [-0.4, -0.2) is 35.7 Å². The van der Waals surface area contributed by atoms with Crippen LogP contribution >= 0.6 is 12.4 Å². The minimum absolute atomic E-state index is 0. The fourth-order valence-electron chi connectivity index (χ4n) is 3.05. The topological polar surface area (TPSA) is 63.4 Å². The minimum atomic E-state index is 0. The Hall–Kier alpha value is -1.39. The number of likely N-dealkylation sites (tertiary alicyclic amines) is 1. The van der Waals surface area contributed by atoms with Gasteiger partial charge >= 0.3 is 0 Å². The summed E-state index contributed by atoms with van der Waals surface area (Å²) in [5, 5.41) is 0. The maximum atomic E-state index is 12.4. The van der Waals surface area contributed by atoms with Crippen LogP contribution in [0.15, 0.2) is 24.3 Å². The highest BCUT2D eigenvalue weighted by Gasteiger charge is 2.28. The molecule has 0 radical (unpaired) electrons. The summed E-state index contributed by atoms with van der Waals surface area (Å²) < 4.78 is 0. The van der Waals surface area contributed by atoms with Gasteiger partial charge in [-0.3, -0.25) is 9.59 Å². The van der Waals surface area contributed by atoms with E-state index in [1.165, 1.54) is 0 Å². The third-order valence-electron chi connectivity index (χ3n) is 4.51. The van der Waals surface area contributed by atoms with Crippen molar-refractivity contribution in [2.24, 2.45) is 11.7 Å². The van der Waals surface area contributed by atoms with Gasteiger partial charge in [0.1, 0.15) is 0 Å². The second kappa shape index (κ2) is 9.04. The predicted octanol–water partition coefficient (Wildman–Crippen LogP) is 2.97. The number of ketones is 1. The molecule has 128 valence electrons. The molecule has 1 fully saturated rings. The van der Waals surface area contributed by atoms with Gasteiger partial charge in [0.15, 0.2) is 5.78 Å². The molecule has 0 bridgehead atoms. The normalized spacial score (nSPS) is 20.7. The van der Waals surface area contributed by atoms with E-state index in [1.807, 2.05) is 36.1 Å². The van der Waals surface area contributed by atoms with Gasteiger partial charge in [0, 0.05) is 37.5 Å². The zero-order chi connectivity index (χ0) is 16.1. The molecule has 2 unspecified atom stereocenters. The molecule has 1 aromatic carbocycles. The smallest absolute Gasteiger partial charge is 0.223 e. The third kappa shape index (κ3) is 5.33. The summed E-state index contributed by atoms with van der Waals surface area (Å²) >= 11 is 0. The first kappa shape index (κ1) is 19.7. The summed E-state index contributed by atoms with van der Waals surface area (Å²) in [6.45, 7) is 5.45. The van der Waals surface area contributed by atoms with Gasteiger partial charge in [0.25, 0.3) is 0 Å². The Kier molecular flexibility index (Phi) is 7.73. The standard InChI is InChI=1S/C18H26N2O2.ClH/c1-13-3-5-15(6-4-13)17(21)7-8-18(22)20-10-9-14(2)11-16(20)12-19;/h3-6,14,16H,7-12,19H2,1-2H3;1H. The number of nitrogens with zero attached hydrogens (tertiary/aromatic N) is 1. The molecule has 1 amide bonds. The molecule has 1 aromatic rings. The van der Waals surface area contributed by atoms with E-state index in [1.54, 1.807) is 0 Å². The van der Waals surface area contributed by atoms with Crippen molar-refractivity contribution in [2.45, 2.75) is 45.6 Å². The zero-order valence-corrected chi connectivity index (χ0v) is 14.8. The Morgan fingerprint density at radius 1 is 1.22 bits per heavy atom. The highest BCUT2D eigenvalue weighted by Crippen LogP contribution is 2.23. The van der Waals surface area contributed by atoms with Gasteiger partial charge in [-0.25, -0.2) is 0 Å². The predicted molar refractivity (Wildman–Crippen MR) is 94.9 cm³/mol. The number of amides is 1. The summed E-state index contributed by atoms with van der Waals surface area (Å²) in [7, 11) is 0. The van der Waals surface area contributed by atoms with Crippen molar-refractivity contribution in [3.63, 3.8) is 0 Å². The molecule has 4 nitrogen and oxygen atoms in total. The van der Waals surface area contributed by atoms with Crippen molar-refractivity contribution < 1.29 is 9.59 Å². The van der Waals surface area contributed by atoms with Gasteiger partial charge in [-0.05, 0) is 25.7 Å². The molecule has 2 N–H and O–H groups in total. The number of piperidine rings is 1. The van der Waals surface area contributed by atoms with Crippen LogP contribution < -0.4 is 5.73 Å². The molecule has 0 saturated carbocycles. The second-order valence-corrected chi connectivity index (χ2v) is 6.40. The summed E-state index contributed by atoms with van der Waals surface area (Å²) in [5.41, 5.74) is 7.60. The van der Waals surface area contributed by atoms with E-state index in [2.05, 4.69) is 6.92 Å². The lowest BCUT2D eigenvalue weighted by molar-refractivity contribution is -0.135. The van der Waals surface area contributed by atoms with Crippen LogP contribution in [0, 0.1) is 12.8 Å². The monoisotopic (exact) mass is 338 g/mol. The number of halogens is 1. The molecular weight excluding hydrogens is 312 g/mol. The number of carbonyl (C=O) groups excluding carboxylic acids is 2. The maximum absolute atomic E-state index is 12.4. The van der Waals surface area contributed by atoms with Crippen molar-refractivity contribution in [2.75, 3.05) is 13.1 Å². The lowest BCUT2D eigenvalue weighted by atomic mass is 9.92. The van der Waals surface area contributed by atoms with E-state index in [0.717, 1.165) is 24.9 Å². The highest BCUT2D eigenvalue weighted by atomic mass is 35.5. The van der Waals surface area contributed by atoms with Gasteiger partial charge in [-0.2, -0.15) is 0 Å². The first-order valence-electron chi connectivity index (χ1n) is 8.10. The molecule has 0 aromatic heterocycles. The quantitative estimate of drug-likeness (QED) is 0.839. The Bertz CT molecular complexity index is 530. The molecule has 0 spiro atoms. The lowest BCUT2D eigenvalue weighted by Crippen LogP contribution is -2.49. The number of aryl methyl sites for hydroxylation is 1. The van der Waals surface area contributed by atoms with E-state index in [0.29, 0.717) is 18.0 Å². The third-order valence-corrected chi connectivity index (χ3v) is 4.51. The van der Waals surface area contributed by atoms with Crippen LogP contribution in [0.1, 0.15) is 48.5 Å². The fourth-order valence-corrected chi connectivity index (χ4v) is 3.05. The van der Waals surface area contributed by atoms with Crippen LogP contribution in [0.4, 0.5) is 0 Å². The molecule has 1 saturated heterocycles. The van der Waals surface area contributed by atoms with E-state index < -0.39 is 0 Å². The Morgan fingerprint density at radius 3 is 2.48 bits per heavy atom. The molecule has 1 aliphatic heterocycles. The van der Waals surface area contributed by atoms with Crippen LogP contribution in [-0.2, 0) is 4.79 Å². The van der Waals surface area contributed by atoms with Crippen molar-refractivity contribution >= 4 is 24.1 Å². The second-order valence-electron chi connectivity index (χ2n) is 6.40. The molecule has 1 heterocycles. The molecular formula is C18H27ClN2O2. The molecule has 5 heteroatoms. The number of nitrogens with two attached hydrogens (primary N) is 1. The van der Waals surface area contributed by atoms with E-state index in [9.17, 15) is 9.59 Å². The van der Waals surface area contributed by atoms with Gasteiger partial charge in [-0.1, -0.05) is 36.8 Å². The average Bonchev–Trinajstić information content (AvgIpc) is 2.52. The fraction of sp³-hybridized carbons (Fsp3) is 0.556. The van der Waals surface area contributed by atoms with Crippen LogP contribution in [0.2, 0.25) is 0 Å². The van der Waals surface area contributed by atoms with Crippen LogP contribution in [0.3, 0.4) is 0 Å². The summed E-state index contributed by atoms with van der Waals surface area (Å²) in [5.74, 6) is 0.706. The van der Waals surface area contributed by atoms with Crippen molar-refractivity contribution in [3.8, 4) is 0 Å². The van der Waals surface area contributed by atoms with Gasteiger partial charge in [0.2, 0.25) is 5.91 Å². The first-order chi connectivity index (χ1) is 10.5. The maximum Gasteiger partial charge on any atom is 0.223 e. The van der Waals surface area contributed by atoms with E-state index in [4.69, 9.17) is 5.73 Å². The SMILES string of the molecule is Cc1ccc(C(=O)CCC(=O)N2CCC(C)CC2CN)cc1.Cl. The summed E-state index contributed by atoms with van der Waals surface area (Å²) in [4.78, 5) is 26.4. The number of benzene rings is 1. The van der Waals surface area contributed by atoms with Gasteiger partial charge < -0.3 is 10.6 Å². The number of hydrogen-bond donors (Lipinski definition) is 1. The minimum Gasteiger partial charge on any atom is -0.338 e. The molecule has 0 aliphatic carbocycles. The zero-order valence-electron chi connectivity index (χ0n) is 14.0. The number of Topliss-reactive ketones (excluding diaryl/α,β-unsaturated/α-hetero) is 1. The summed E-state index contributed by atoms with van der Waals surface area (Å²) in [6.07, 6.45) is 2.53. The van der Waals surface area contributed by atoms with Gasteiger partial charge in [-0.15, -0.1) is 12.4 Å². The van der Waals surface area contributed by atoms with E-state index in [-0.39, 0.29) is 43.0 Å². The summed E-state index contributed by atoms with van der Waals surface area (Å²) in [6, 6.07) is 7.63. The molecule has 2 atom stereocenters. The van der Waals surface area contributed by atoms with Crippen molar-refractivity contribution in [3.05, 3.63) is 35.4 Å². The Balaban J connectivity index is 0.00000264. The molecule has 23 heavy (non-hydrogen) atoms. The van der Waals surface area contributed by atoms with Crippen LogP contribution in [0.25, 0.3) is 0 Å². The number of hydrogen-bond acceptors (Lipinski definition) is 3. The number of rotatable bonds is 5. The van der Waals surface area contributed by atoms with Crippen LogP contribution in [0.5, 0.6) is 0 Å². The molecule has 2 rings (SSSR count). The Labute approximate surface area is 144 Å². The van der Waals surface area contributed by atoms with Gasteiger partial charge in [0.05, 0.1) is 0 Å². The molecule has 1 aliphatic rings.